The zero-order valence-corrected chi connectivity index (χ0v) is 19.2. The Morgan fingerprint density at radius 1 is 1.06 bits per heavy atom. The molecule has 0 saturated heterocycles. The zero-order valence-electron chi connectivity index (χ0n) is 18.4. The molecule has 0 unspecified atom stereocenters. The van der Waals surface area contributed by atoms with Gasteiger partial charge in [-0.3, -0.25) is 4.79 Å². The number of nitrogens with two attached hydrogens (primary N) is 1. The number of hydrogen-bond donors (Lipinski definition) is 3. The van der Waals surface area contributed by atoms with E-state index in [9.17, 15) is 17.6 Å². The predicted octanol–water partition coefficient (Wildman–Crippen LogP) is 3.75. The third-order valence-electron chi connectivity index (χ3n) is 5.16. The molecule has 3 rings (SSSR count). The Labute approximate surface area is 192 Å². The van der Waals surface area contributed by atoms with Gasteiger partial charge in [-0.1, -0.05) is 31.2 Å². The van der Waals surface area contributed by atoms with Crippen molar-refractivity contribution in [3.05, 3.63) is 83.2 Å². The Bertz CT molecular complexity index is 1250. The van der Waals surface area contributed by atoms with Gasteiger partial charge in [0.25, 0.3) is 5.91 Å². The van der Waals surface area contributed by atoms with Gasteiger partial charge in [0, 0.05) is 24.2 Å². The van der Waals surface area contributed by atoms with Crippen molar-refractivity contribution in [2.45, 2.75) is 24.9 Å². The summed E-state index contributed by atoms with van der Waals surface area (Å²) >= 11 is 0. The second kappa shape index (κ2) is 10.4. The highest BCUT2D eigenvalue weighted by Crippen LogP contribution is 2.24. The van der Waals surface area contributed by atoms with E-state index in [1.165, 1.54) is 25.3 Å². The lowest BCUT2D eigenvalue weighted by atomic mass is 10.1. The van der Waals surface area contributed by atoms with E-state index in [0.717, 1.165) is 5.56 Å². The number of anilines is 2. The monoisotopic (exact) mass is 471 g/mol. The van der Waals surface area contributed by atoms with Gasteiger partial charge in [0.15, 0.2) is 21.4 Å². The number of sulfone groups is 1. The van der Waals surface area contributed by atoms with Crippen LogP contribution < -0.4 is 21.1 Å². The topological polar surface area (TPSA) is 111 Å². The fourth-order valence-electron chi connectivity index (χ4n) is 3.17. The van der Waals surface area contributed by atoms with Crippen molar-refractivity contribution < 1.29 is 22.3 Å². The Morgan fingerprint density at radius 3 is 2.42 bits per heavy atom. The number of amides is 1. The van der Waals surface area contributed by atoms with E-state index in [4.69, 9.17) is 10.5 Å². The van der Waals surface area contributed by atoms with E-state index in [-0.39, 0.29) is 35.4 Å². The molecule has 0 saturated carbocycles. The minimum Gasteiger partial charge on any atom is -0.494 e. The standard InChI is InChI=1S/C24H26FN3O4S/c1-3-33(30,31)19-10-7-16(8-11-19)14-28-24(29)17-9-12-21(20(26)13-17)27-15-18-5-4-6-22(32-2)23(18)25/h4-13,27H,3,14-15,26H2,1-2H3,(H,28,29). The number of methoxy groups -OCH3 is 1. The van der Waals surface area contributed by atoms with Crippen molar-refractivity contribution in [2.75, 3.05) is 23.9 Å². The number of nitrogen functional groups attached to an aromatic ring is 1. The summed E-state index contributed by atoms with van der Waals surface area (Å²) in [6, 6.07) is 16.1. The van der Waals surface area contributed by atoms with Crippen molar-refractivity contribution in [3.8, 4) is 5.75 Å². The Balaban J connectivity index is 1.60. The molecule has 0 fully saturated rings. The van der Waals surface area contributed by atoms with Crippen molar-refractivity contribution in [2.24, 2.45) is 0 Å². The first-order valence-corrected chi connectivity index (χ1v) is 11.9. The number of carbonyl (C=O) groups excluding carboxylic acids is 1. The molecular formula is C24H26FN3O4S. The highest BCUT2D eigenvalue weighted by molar-refractivity contribution is 7.91. The summed E-state index contributed by atoms with van der Waals surface area (Å²) in [7, 11) is -1.85. The predicted molar refractivity (Wildman–Crippen MR) is 126 cm³/mol. The molecular weight excluding hydrogens is 445 g/mol. The molecule has 33 heavy (non-hydrogen) atoms. The molecule has 0 spiro atoms. The molecule has 1 amide bonds. The fourth-order valence-corrected chi connectivity index (χ4v) is 4.06. The number of ether oxygens (including phenoxy) is 1. The molecule has 0 atom stereocenters. The van der Waals surface area contributed by atoms with Crippen molar-refractivity contribution in [1.82, 2.24) is 5.32 Å². The molecule has 0 heterocycles. The lowest BCUT2D eigenvalue weighted by Gasteiger charge is -2.13. The van der Waals surface area contributed by atoms with Crippen molar-refractivity contribution in [1.29, 1.82) is 0 Å². The highest BCUT2D eigenvalue weighted by atomic mass is 32.2. The van der Waals surface area contributed by atoms with Gasteiger partial charge in [0.05, 0.1) is 29.1 Å². The van der Waals surface area contributed by atoms with Crippen LogP contribution in [0.5, 0.6) is 5.75 Å². The van der Waals surface area contributed by atoms with Gasteiger partial charge in [0.2, 0.25) is 0 Å². The van der Waals surface area contributed by atoms with Crippen LogP contribution in [-0.4, -0.2) is 27.2 Å². The minimum atomic E-state index is -3.26. The van der Waals surface area contributed by atoms with Crippen LogP contribution in [0.1, 0.15) is 28.4 Å². The van der Waals surface area contributed by atoms with Gasteiger partial charge in [-0.15, -0.1) is 0 Å². The highest BCUT2D eigenvalue weighted by Gasteiger charge is 2.13. The maximum atomic E-state index is 14.3. The smallest absolute Gasteiger partial charge is 0.251 e. The van der Waals surface area contributed by atoms with Crippen molar-refractivity contribution in [3.63, 3.8) is 0 Å². The minimum absolute atomic E-state index is 0.0316. The number of hydrogen-bond acceptors (Lipinski definition) is 6. The molecule has 0 radical (unpaired) electrons. The largest absolute Gasteiger partial charge is 0.494 e. The van der Waals surface area contributed by atoms with Crippen LogP contribution in [0.25, 0.3) is 0 Å². The first kappa shape index (κ1) is 24.1. The van der Waals surface area contributed by atoms with Crippen LogP contribution in [0.3, 0.4) is 0 Å². The summed E-state index contributed by atoms with van der Waals surface area (Å²) < 4.78 is 43.0. The van der Waals surface area contributed by atoms with Gasteiger partial charge >= 0.3 is 0 Å². The quantitative estimate of drug-likeness (QED) is 0.410. The van der Waals surface area contributed by atoms with Gasteiger partial charge in [0.1, 0.15) is 0 Å². The number of carbonyl (C=O) groups is 1. The lowest BCUT2D eigenvalue weighted by molar-refractivity contribution is 0.0951. The van der Waals surface area contributed by atoms with Crippen LogP contribution in [0.2, 0.25) is 0 Å². The first-order chi connectivity index (χ1) is 15.7. The van der Waals surface area contributed by atoms with E-state index in [2.05, 4.69) is 10.6 Å². The molecule has 0 aliphatic heterocycles. The van der Waals surface area contributed by atoms with Gasteiger partial charge < -0.3 is 21.1 Å². The summed E-state index contributed by atoms with van der Waals surface area (Å²) in [6.07, 6.45) is 0. The number of benzene rings is 3. The van der Waals surface area contributed by atoms with Gasteiger partial charge in [-0.05, 0) is 42.0 Å². The van der Waals surface area contributed by atoms with Crippen LogP contribution in [-0.2, 0) is 22.9 Å². The van der Waals surface area contributed by atoms with Crippen molar-refractivity contribution >= 4 is 27.1 Å². The summed E-state index contributed by atoms with van der Waals surface area (Å²) in [5.41, 5.74) is 8.56. The van der Waals surface area contributed by atoms with Gasteiger partial charge in [-0.25, -0.2) is 12.8 Å². The molecule has 3 aromatic carbocycles. The summed E-state index contributed by atoms with van der Waals surface area (Å²) in [5, 5.41) is 5.85. The molecule has 0 aliphatic carbocycles. The zero-order chi connectivity index (χ0) is 24.0. The average molecular weight is 472 g/mol. The Kier molecular flexibility index (Phi) is 7.55. The number of halogens is 1. The molecule has 4 N–H and O–H groups in total. The van der Waals surface area contributed by atoms with E-state index in [0.29, 0.717) is 22.5 Å². The summed E-state index contributed by atoms with van der Waals surface area (Å²) in [5.74, 6) is -0.570. The summed E-state index contributed by atoms with van der Waals surface area (Å²) in [6.45, 7) is 2.02. The lowest BCUT2D eigenvalue weighted by Crippen LogP contribution is -2.23. The molecule has 0 bridgehead atoms. The molecule has 7 nitrogen and oxygen atoms in total. The van der Waals surface area contributed by atoms with Crippen LogP contribution in [0.15, 0.2) is 65.6 Å². The second-order valence-corrected chi connectivity index (χ2v) is 9.60. The maximum Gasteiger partial charge on any atom is 0.251 e. The average Bonchev–Trinajstić information content (AvgIpc) is 2.82. The first-order valence-electron chi connectivity index (χ1n) is 10.3. The molecule has 174 valence electrons. The molecule has 0 aliphatic rings. The molecule has 3 aromatic rings. The summed E-state index contributed by atoms with van der Waals surface area (Å²) in [4.78, 5) is 12.8. The van der Waals surface area contributed by atoms with E-state index >= 15 is 0 Å². The van der Waals surface area contributed by atoms with Gasteiger partial charge in [-0.2, -0.15) is 0 Å². The SMILES string of the molecule is CCS(=O)(=O)c1ccc(CNC(=O)c2ccc(NCc3cccc(OC)c3F)c(N)c2)cc1. The van der Waals surface area contributed by atoms with E-state index < -0.39 is 15.7 Å². The van der Waals surface area contributed by atoms with E-state index in [1.54, 1.807) is 49.4 Å². The van der Waals surface area contributed by atoms with Crippen LogP contribution in [0, 0.1) is 5.82 Å². The normalized spacial score (nSPS) is 11.1. The maximum absolute atomic E-state index is 14.3. The number of rotatable bonds is 9. The third-order valence-corrected chi connectivity index (χ3v) is 6.91. The van der Waals surface area contributed by atoms with Crippen LogP contribution in [0.4, 0.5) is 15.8 Å². The third kappa shape index (κ3) is 5.81. The Morgan fingerprint density at radius 2 is 1.79 bits per heavy atom. The fraction of sp³-hybridized carbons (Fsp3) is 0.208. The second-order valence-electron chi connectivity index (χ2n) is 7.32. The molecule has 9 heteroatoms. The Hall–Kier alpha value is -3.59. The number of nitrogens with one attached hydrogen (secondary N) is 2. The van der Waals surface area contributed by atoms with E-state index in [1.807, 2.05) is 0 Å². The molecule has 0 aromatic heterocycles. The van der Waals surface area contributed by atoms with Crippen LogP contribution >= 0.6 is 0 Å².